The maximum atomic E-state index is 12.1. The van der Waals surface area contributed by atoms with Gasteiger partial charge in [0.05, 0.1) is 6.04 Å². The molecule has 1 aliphatic rings. The molecular formula is C11H20F2N2O2. The van der Waals surface area contributed by atoms with E-state index in [4.69, 9.17) is 5.11 Å². The fraction of sp³-hybridized carbons (Fsp3) is 0.909. The third-order valence-electron chi connectivity index (χ3n) is 3.17. The van der Waals surface area contributed by atoms with Gasteiger partial charge < -0.3 is 15.7 Å². The minimum absolute atomic E-state index is 0.196. The number of nitrogens with one attached hydrogen (secondary N) is 2. The highest BCUT2D eigenvalue weighted by Gasteiger charge is 2.37. The van der Waals surface area contributed by atoms with E-state index < -0.39 is 19.1 Å². The van der Waals surface area contributed by atoms with Crippen LogP contribution in [0.4, 0.5) is 8.78 Å². The molecule has 4 nitrogen and oxygen atoms in total. The Bertz CT molecular complexity index is 272. The van der Waals surface area contributed by atoms with Gasteiger partial charge in [-0.2, -0.15) is 0 Å². The quantitative estimate of drug-likeness (QED) is 0.681. The van der Waals surface area contributed by atoms with E-state index in [0.717, 1.165) is 19.4 Å². The summed E-state index contributed by atoms with van der Waals surface area (Å²) in [5.41, 5.74) is -0.196. The number of amides is 1. The maximum absolute atomic E-state index is 12.1. The normalized spacial score (nSPS) is 25.6. The van der Waals surface area contributed by atoms with Gasteiger partial charge in [0, 0.05) is 6.54 Å². The average molecular weight is 250 g/mol. The SMILES string of the molecule is CC1(C)CCCNC1C(=O)NCC(O)C(F)F. The summed E-state index contributed by atoms with van der Waals surface area (Å²) >= 11 is 0. The Hall–Kier alpha value is -0.750. The lowest BCUT2D eigenvalue weighted by Crippen LogP contribution is -2.56. The second-order valence-corrected chi connectivity index (χ2v) is 5.13. The van der Waals surface area contributed by atoms with E-state index >= 15 is 0 Å². The summed E-state index contributed by atoms with van der Waals surface area (Å²) < 4.78 is 24.1. The molecule has 1 rings (SSSR count). The van der Waals surface area contributed by atoms with Crippen molar-refractivity contribution in [1.82, 2.24) is 10.6 Å². The Labute approximate surface area is 99.8 Å². The molecule has 0 spiro atoms. The van der Waals surface area contributed by atoms with Crippen LogP contribution in [0.1, 0.15) is 26.7 Å². The Morgan fingerprint density at radius 2 is 2.24 bits per heavy atom. The molecular weight excluding hydrogens is 230 g/mol. The Balaban J connectivity index is 2.46. The molecule has 6 heteroatoms. The summed E-state index contributed by atoms with van der Waals surface area (Å²) in [5, 5.41) is 14.4. The number of rotatable bonds is 4. The van der Waals surface area contributed by atoms with E-state index in [9.17, 15) is 13.6 Å². The molecule has 1 heterocycles. The van der Waals surface area contributed by atoms with Crippen LogP contribution in [0.5, 0.6) is 0 Å². The molecule has 1 fully saturated rings. The topological polar surface area (TPSA) is 61.4 Å². The van der Waals surface area contributed by atoms with Crippen molar-refractivity contribution in [2.75, 3.05) is 13.1 Å². The largest absolute Gasteiger partial charge is 0.385 e. The van der Waals surface area contributed by atoms with Crippen LogP contribution in [0.2, 0.25) is 0 Å². The highest BCUT2D eigenvalue weighted by Crippen LogP contribution is 2.30. The van der Waals surface area contributed by atoms with Gasteiger partial charge in [0.2, 0.25) is 5.91 Å². The van der Waals surface area contributed by atoms with E-state index in [1.807, 2.05) is 13.8 Å². The van der Waals surface area contributed by atoms with Crippen molar-refractivity contribution in [3.8, 4) is 0 Å². The lowest BCUT2D eigenvalue weighted by atomic mass is 9.77. The molecule has 17 heavy (non-hydrogen) atoms. The fourth-order valence-corrected chi connectivity index (χ4v) is 2.05. The van der Waals surface area contributed by atoms with Crippen molar-refractivity contribution in [2.45, 2.75) is 45.3 Å². The molecule has 0 bridgehead atoms. The molecule has 1 amide bonds. The van der Waals surface area contributed by atoms with Gasteiger partial charge in [-0.25, -0.2) is 8.78 Å². The van der Waals surface area contributed by atoms with Crippen LogP contribution in [0, 0.1) is 5.41 Å². The van der Waals surface area contributed by atoms with Crippen LogP contribution in [0.15, 0.2) is 0 Å². The van der Waals surface area contributed by atoms with E-state index in [0.29, 0.717) is 0 Å². The highest BCUT2D eigenvalue weighted by atomic mass is 19.3. The fourth-order valence-electron chi connectivity index (χ4n) is 2.05. The number of carbonyl (C=O) groups excluding carboxylic acids is 1. The lowest BCUT2D eigenvalue weighted by molar-refractivity contribution is -0.127. The van der Waals surface area contributed by atoms with Crippen LogP contribution < -0.4 is 10.6 Å². The van der Waals surface area contributed by atoms with Gasteiger partial charge in [-0.3, -0.25) is 4.79 Å². The molecule has 100 valence electrons. The highest BCUT2D eigenvalue weighted by molar-refractivity contribution is 5.82. The molecule has 0 aromatic heterocycles. The Kier molecular flexibility index (Phi) is 4.82. The third-order valence-corrected chi connectivity index (χ3v) is 3.17. The van der Waals surface area contributed by atoms with Crippen LogP contribution in [0.25, 0.3) is 0 Å². The third kappa shape index (κ3) is 3.89. The maximum Gasteiger partial charge on any atom is 0.265 e. The van der Waals surface area contributed by atoms with Gasteiger partial charge in [-0.05, 0) is 24.8 Å². The summed E-state index contributed by atoms with van der Waals surface area (Å²) in [4.78, 5) is 11.8. The number of halogens is 2. The summed E-state index contributed by atoms with van der Waals surface area (Å²) in [6.45, 7) is 4.27. The van der Waals surface area contributed by atoms with Crippen molar-refractivity contribution in [3.05, 3.63) is 0 Å². The smallest absolute Gasteiger partial charge is 0.265 e. The molecule has 0 aliphatic carbocycles. The molecule has 2 atom stereocenters. The molecule has 0 saturated carbocycles. The Morgan fingerprint density at radius 3 is 2.76 bits per heavy atom. The predicted octanol–water partition coefficient (Wildman–Crippen LogP) is 0.507. The summed E-state index contributed by atoms with van der Waals surface area (Å²) in [6, 6.07) is -0.388. The second-order valence-electron chi connectivity index (χ2n) is 5.13. The van der Waals surface area contributed by atoms with E-state index in [2.05, 4.69) is 10.6 Å². The number of aliphatic hydroxyl groups is 1. The van der Waals surface area contributed by atoms with E-state index in [-0.39, 0.29) is 17.4 Å². The van der Waals surface area contributed by atoms with Gasteiger partial charge in [-0.1, -0.05) is 13.8 Å². The molecule has 3 N–H and O–H groups in total. The lowest BCUT2D eigenvalue weighted by Gasteiger charge is -2.38. The molecule has 1 saturated heterocycles. The number of hydrogen-bond acceptors (Lipinski definition) is 3. The first-order valence-electron chi connectivity index (χ1n) is 5.82. The monoisotopic (exact) mass is 250 g/mol. The number of hydrogen-bond donors (Lipinski definition) is 3. The van der Waals surface area contributed by atoms with Crippen molar-refractivity contribution >= 4 is 5.91 Å². The number of piperidine rings is 1. The average Bonchev–Trinajstić information content (AvgIpc) is 2.24. The molecule has 0 radical (unpaired) electrons. The van der Waals surface area contributed by atoms with Crippen molar-refractivity contribution in [2.24, 2.45) is 5.41 Å². The van der Waals surface area contributed by atoms with Crippen molar-refractivity contribution in [3.63, 3.8) is 0 Å². The molecule has 0 aromatic rings. The van der Waals surface area contributed by atoms with Crippen LogP contribution in [0.3, 0.4) is 0 Å². The second kappa shape index (κ2) is 5.73. The standard InChI is InChI=1S/C11H20F2N2O2/c1-11(2)4-3-5-14-8(11)10(17)15-6-7(16)9(12)13/h7-9,14,16H,3-6H2,1-2H3,(H,15,17). The predicted molar refractivity (Wildman–Crippen MR) is 59.8 cm³/mol. The number of alkyl halides is 2. The first kappa shape index (κ1) is 14.3. The Morgan fingerprint density at radius 1 is 1.59 bits per heavy atom. The van der Waals surface area contributed by atoms with Crippen LogP contribution in [-0.2, 0) is 4.79 Å². The number of aliphatic hydroxyl groups excluding tert-OH is 1. The molecule has 0 aromatic carbocycles. The van der Waals surface area contributed by atoms with Crippen molar-refractivity contribution < 1.29 is 18.7 Å². The van der Waals surface area contributed by atoms with Gasteiger partial charge in [0.15, 0.2) is 0 Å². The molecule has 2 unspecified atom stereocenters. The van der Waals surface area contributed by atoms with E-state index in [1.165, 1.54) is 0 Å². The molecule has 1 aliphatic heterocycles. The number of carbonyl (C=O) groups is 1. The van der Waals surface area contributed by atoms with Gasteiger partial charge in [0.25, 0.3) is 6.43 Å². The first-order valence-corrected chi connectivity index (χ1v) is 5.82. The summed E-state index contributed by atoms with van der Waals surface area (Å²) in [6.07, 6.45) is -2.72. The first-order chi connectivity index (χ1) is 7.84. The van der Waals surface area contributed by atoms with Gasteiger partial charge >= 0.3 is 0 Å². The minimum atomic E-state index is -2.83. The van der Waals surface area contributed by atoms with E-state index in [1.54, 1.807) is 0 Å². The minimum Gasteiger partial charge on any atom is -0.385 e. The zero-order valence-electron chi connectivity index (χ0n) is 10.2. The summed E-state index contributed by atoms with van der Waals surface area (Å²) in [7, 11) is 0. The zero-order valence-corrected chi connectivity index (χ0v) is 10.2. The van der Waals surface area contributed by atoms with Gasteiger partial charge in [-0.15, -0.1) is 0 Å². The van der Waals surface area contributed by atoms with Gasteiger partial charge in [0.1, 0.15) is 6.10 Å². The zero-order chi connectivity index (χ0) is 13.1. The van der Waals surface area contributed by atoms with Crippen molar-refractivity contribution in [1.29, 1.82) is 0 Å². The van der Waals surface area contributed by atoms with Crippen LogP contribution >= 0.6 is 0 Å². The van der Waals surface area contributed by atoms with Crippen LogP contribution in [-0.4, -0.2) is 42.7 Å². The summed E-state index contributed by atoms with van der Waals surface area (Å²) in [5.74, 6) is -0.325.